The van der Waals surface area contributed by atoms with Gasteiger partial charge in [0, 0.05) is 24.4 Å². The Bertz CT molecular complexity index is 1020. The molecule has 7 nitrogen and oxygen atoms in total. The van der Waals surface area contributed by atoms with Crippen LogP contribution in [0.2, 0.25) is 0 Å². The van der Waals surface area contributed by atoms with Crippen LogP contribution in [0.25, 0.3) is 0 Å². The average molecular weight is 467 g/mol. The highest BCUT2D eigenvalue weighted by molar-refractivity contribution is 5.99. The smallest absolute Gasteiger partial charge is 0.416 e. The number of nitrogens with one attached hydrogen (secondary N) is 1. The number of alkyl halides is 3. The normalized spacial score (nSPS) is 27.8. The molecule has 2 aliphatic heterocycles. The zero-order chi connectivity index (χ0) is 24.3. The van der Waals surface area contributed by atoms with Gasteiger partial charge in [-0.25, -0.2) is 4.99 Å². The van der Waals surface area contributed by atoms with E-state index in [4.69, 9.17) is 10.5 Å². The minimum Gasteiger partial charge on any atom is -0.487 e. The van der Waals surface area contributed by atoms with Crippen LogP contribution in [-0.2, 0) is 15.8 Å². The van der Waals surface area contributed by atoms with Crippen LogP contribution >= 0.6 is 0 Å². The van der Waals surface area contributed by atoms with E-state index in [-0.39, 0.29) is 36.0 Å². The number of fused-ring (bicyclic) bond motifs is 1. The van der Waals surface area contributed by atoms with E-state index in [2.05, 4.69) is 10.3 Å². The number of carbonyl (C=O) groups excluding carboxylic acids is 2. The zero-order valence-corrected chi connectivity index (χ0v) is 19.1. The van der Waals surface area contributed by atoms with Crippen LogP contribution in [0.1, 0.15) is 64.1 Å². The molecule has 0 bridgehead atoms. The lowest BCUT2D eigenvalue weighted by atomic mass is 9.88. The van der Waals surface area contributed by atoms with Gasteiger partial charge in [-0.3, -0.25) is 14.5 Å². The molecule has 4 rings (SSSR count). The van der Waals surface area contributed by atoms with Crippen LogP contribution in [0, 0.1) is 11.8 Å². The van der Waals surface area contributed by atoms with Crippen LogP contribution in [0.4, 0.5) is 13.2 Å². The van der Waals surface area contributed by atoms with Gasteiger partial charge in [0.2, 0.25) is 11.8 Å². The number of ether oxygens (including phenoxy) is 1. The molecule has 0 radical (unpaired) electrons. The molecular formula is C23H29F3N4O3. The maximum Gasteiger partial charge on any atom is 0.416 e. The lowest BCUT2D eigenvalue weighted by molar-refractivity contribution is -0.137. The maximum absolute atomic E-state index is 13.2. The van der Waals surface area contributed by atoms with E-state index in [0.29, 0.717) is 30.7 Å². The fraction of sp³-hybridized carbons (Fsp3) is 0.609. The minimum atomic E-state index is -4.49. The highest BCUT2D eigenvalue weighted by Crippen LogP contribution is 2.44. The van der Waals surface area contributed by atoms with Crippen molar-refractivity contribution in [2.24, 2.45) is 22.6 Å². The van der Waals surface area contributed by atoms with Crippen molar-refractivity contribution in [3.05, 3.63) is 29.3 Å². The van der Waals surface area contributed by atoms with Crippen molar-refractivity contribution in [2.45, 2.75) is 70.3 Å². The number of aliphatic imine (C=N–C) groups is 1. The molecule has 1 aromatic rings. The molecule has 3 unspecified atom stereocenters. The van der Waals surface area contributed by atoms with Gasteiger partial charge in [0.25, 0.3) is 0 Å². The zero-order valence-electron chi connectivity index (χ0n) is 19.1. The van der Waals surface area contributed by atoms with Crippen LogP contribution in [-0.4, -0.2) is 40.4 Å². The van der Waals surface area contributed by atoms with Crippen LogP contribution in [0.5, 0.6) is 5.75 Å². The summed E-state index contributed by atoms with van der Waals surface area (Å²) in [5.41, 5.74) is 4.32. The molecule has 180 valence electrons. The van der Waals surface area contributed by atoms with E-state index < -0.39 is 28.9 Å². The van der Waals surface area contributed by atoms with Gasteiger partial charge in [-0.2, -0.15) is 13.2 Å². The van der Waals surface area contributed by atoms with E-state index >= 15 is 0 Å². The number of nitrogens with zero attached hydrogens (tertiary/aromatic N) is 2. The molecule has 1 aliphatic carbocycles. The van der Waals surface area contributed by atoms with Crippen LogP contribution < -0.4 is 15.8 Å². The monoisotopic (exact) mass is 466 g/mol. The summed E-state index contributed by atoms with van der Waals surface area (Å²) in [5.74, 6) is -0.285. The first-order valence-corrected chi connectivity index (χ1v) is 11.0. The summed E-state index contributed by atoms with van der Waals surface area (Å²) in [4.78, 5) is 31.2. The number of nitrogens with two attached hydrogens (primary N) is 1. The molecule has 10 heteroatoms. The first-order chi connectivity index (χ1) is 15.2. The Hall–Kier alpha value is -2.78. The van der Waals surface area contributed by atoms with Crippen molar-refractivity contribution in [1.29, 1.82) is 0 Å². The van der Waals surface area contributed by atoms with Gasteiger partial charge in [-0.05, 0) is 58.2 Å². The molecule has 0 spiro atoms. The standard InChI is InChI=1S/C23H29F3N4O3/c1-21(2)10-18(31)30(20(27)29-21)11-12-7-14(12)19(32)28-16-9-22(3,4)33-17-6-5-13(8-15(16)17)23(24,25)26/h5-6,8,12,14,16H,7,9-11H2,1-4H3,(H2,27,29)(H,28,32). The first-order valence-electron chi connectivity index (χ1n) is 11.0. The van der Waals surface area contributed by atoms with Crippen molar-refractivity contribution in [3.8, 4) is 5.75 Å². The molecule has 1 aromatic carbocycles. The summed E-state index contributed by atoms with van der Waals surface area (Å²) in [6.07, 6.45) is -3.33. The largest absolute Gasteiger partial charge is 0.487 e. The van der Waals surface area contributed by atoms with E-state index in [1.807, 2.05) is 27.7 Å². The molecular weight excluding hydrogens is 437 g/mol. The number of benzene rings is 1. The highest BCUT2D eigenvalue weighted by Gasteiger charge is 2.47. The summed E-state index contributed by atoms with van der Waals surface area (Å²) in [7, 11) is 0. The Kier molecular flexibility index (Phi) is 5.41. The molecule has 2 heterocycles. The predicted molar refractivity (Wildman–Crippen MR) is 115 cm³/mol. The molecule has 1 fully saturated rings. The Balaban J connectivity index is 1.46. The SMILES string of the molecule is CC1(C)CC(=O)N(CC2CC2C(=O)NC2CC(C)(C)Oc3ccc(C(F)(F)F)cc32)C(N)=N1. The lowest BCUT2D eigenvalue weighted by Crippen LogP contribution is -2.50. The second-order valence-electron chi connectivity index (χ2n) is 10.4. The molecule has 3 atom stereocenters. The fourth-order valence-electron chi connectivity index (χ4n) is 4.64. The van der Waals surface area contributed by atoms with Crippen molar-refractivity contribution in [3.63, 3.8) is 0 Å². The van der Waals surface area contributed by atoms with Crippen molar-refractivity contribution < 1.29 is 27.5 Å². The van der Waals surface area contributed by atoms with Crippen molar-refractivity contribution in [2.75, 3.05) is 6.54 Å². The third-order valence-electron chi connectivity index (χ3n) is 6.37. The third-order valence-corrected chi connectivity index (χ3v) is 6.37. The van der Waals surface area contributed by atoms with Gasteiger partial charge in [0.1, 0.15) is 11.4 Å². The molecule has 33 heavy (non-hydrogen) atoms. The molecule has 0 saturated heterocycles. The molecule has 1 saturated carbocycles. The predicted octanol–water partition coefficient (Wildman–Crippen LogP) is 3.39. The Morgan fingerprint density at radius 2 is 2.00 bits per heavy atom. The van der Waals surface area contributed by atoms with Crippen LogP contribution in [0.3, 0.4) is 0 Å². The van der Waals surface area contributed by atoms with Gasteiger partial charge in [-0.1, -0.05) is 0 Å². The first kappa shape index (κ1) is 23.4. The van der Waals surface area contributed by atoms with E-state index in [9.17, 15) is 22.8 Å². The van der Waals surface area contributed by atoms with Gasteiger partial charge < -0.3 is 15.8 Å². The van der Waals surface area contributed by atoms with Crippen molar-refractivity contribution >= 4 is 17.8 Å². The minimum absolute atomic E-state index is 0.0715. The Morgan fingerprint density at radius 3 is 2.64 bits per heavy atom. The number of carbonyl (C=O) groups is 2. The van der Waals surface area contributed by atoms with E-state index in [0.717, 1.165) is 12.1 Å². The third kappa shape index (κ3) is 4.94. The summed E-state index contributed by atoms with van der Waals surface area (Å²) in [6.45, 7) is 7.63. The summed E-state index contributed by atoms with van der Waals surface area (Å²) in [5, 5.41) is 2.92. The Labute approximate surface area is 190 Å². The lowest BCUT2D eigenvalue weighted by Gasteiger charge is -2.38. The summed E-state index contributed by atoms with van der Waals surface area (Å²) in [6, 6.07) is 2.73. The number of rotatable bonds is 4. The second kappa shape index (κ2) is 7.63. The molecule has 0 aromatic heterocycles. The highest BCUT2D eigenvalue weighted by atomic mass is 19.4. The average Bonchev–Trinajstić information content (AvgIpc) is 3.41. The molecule has 2 amide bonds. The number of amides is 2. The van der Waals surface area contributed by atoms with Crippen LogP contribution in [0.15, 0.2) is 23.2 Å². The molecule has 3 aliphatic rings. The maximum atomic E-state index is 13.2. The van der Waals surface area contributed by atoms with Gasteiger partial charge in [0.15, 0.2) is 5.96 Å². The topological polar surface area (TPSA) is 97.0 Å². The van der Waals surface area contributed by atoms with Gasteiger partial charge in [0.05, 0.1) is 23.6 Å². The van der Waals surface area contributed by atoms with E-state index in [1.165, 1.54) is 11.0 Å². The summed E-state index contributed by atoms with van der Waals surface area (Å²) < 4.78 is 45.6. The number of halogens is 3. The number of guanidine groups is 1. The Morgan fingerprint density at radius 1 is 1.30 bits per heavy atom. The summed E-state index contributed by atoms with van der Waals surface area (Å²) >= 11 is 0. The fourth-order valence-corrected chi connectivity index (χ4v) is 4.64. The molecule has 3 N–H and O–H groups in total. The van der Waals surface area contributed by atoms with E-state index in [1.54, 1.807) is 0 Å². The second-order valence-corrected chi connectivity index (χ2v) is 10.4. The van der Waals surface area contributed by atoms with Gasteiger partial charge >= 0.3 is 6.18 Å². The quantitative estimate of drug-likeness (QED) is 0.711. The number of hydrogen-bond donors (Lipinski definition) is 2. The van der Waals surface area contributed by atoms with Gasteiger partial charge in [-0.15, -0.1) is 0 Å². The van der Waals surface area contributed by atoms with Crippen molar-refractivity contribution in [1.82, 2.24) is 10.2 Å². The number of hydrogen-bond acceptors (Lipinski definition) is 5.